The fourth-order valence-corrected chi connectivity index (χ4v) is 9.77. The predicted molar refractivity (Wildman–Crippen MR) is 295 cm³/mol. The van der Waals surface area contributed by atoms with E-state index < -0.39 is 12.1 Å². The van der Waals surface area contributed by atoms with E-state index in [-0.39, 0.29) is 12.5 Å². The zero-order chi connectivity index (χ0) is 47.7. The van der Waals surface area contributed by atoms with Crippen molar-refractivity contribution in [2.24, 2.45) is 0 Å². The monoisotopic (exact) mass is 928 g/mol. The Balaban J connectivity index is 3.40. The molecule has 0 heterocycles. The van der Waals surface area contributed by atoms with Gasteiger partial charge in [0.15, 0.2) is 0 Å². The Labute approximate surface area is 415 Å². The number of carbonyl (C=O) groups excluding carboxylic acids is 1. The number of rotatable bonds is 57. The van der Waals surface area contributed by atoms with Crippen molar-refractivity contribution in [1.29, 1.82) is 0 Å². The normalized spacial score (nSPS) is 12.8. The number of amides is 1. The molecule has 4 nitrogen and oxygen atoms in total. The fraction of sp³-hybridized carbons (Fsp3) is 0.919. The maximum Gasteiger partial charge on any atom is 0.220 e. The summed E-state index contributed by atoms with van der Waals surface area (Å²) in [5, 5.41) is 23.2. The van der Waals surface area contributed by atoms with Crippen molar-refractivity contribution >= 4 is 5.91 Å². The van der Waals surface area contributed by atoms with Crippen LogP contribution in [0.3, 0.4) is 0 Å². The lowest BCUT2D eigenvalue weighted by atomic mass is 10.0. The van der Waals surface area contributed by atoms with Gasteiger partial charge in [0, 0.05) is 6.42 Å². The van der Waals surface area contributed by atoms with Gasteiger partial charge >= 0.3 is 0 Å². The standard InChI is InChI=1S/C62H121NO3/c1-3-5-7-9-11-13-15-17-19-21-23-24-25-26-27-28-29-30-31-32-33-34-35-36-37-38-40-42-44-46-48-50-52-54-56-58-62(66)63-60(59-64)61(65)57-55-53-51-49-47-45-43-41-39-22-20-18-16-14-12-10-8-6-4-2/h21,23,55,57,60-61,64-65H,3-20,22,24-54,56,58-59H2,1-2H3,(H,63,66)/b23-21-,57-55+. The van der Waals surface area contributed by atoms with Crippen LogP contribution in [0.15, 0.2) is 24.3 Å². The van der Waals surface area contributed by atoms with Gasteiger partial charge < -0.3 is 15.5 Å². The SMILES string of the molecule is CCCCCCCCCC/C=C\CCCCCCCCCCCCCCCCCCCCCCCCCC(=O)NC(CO)C(O)/C=C/CCCCCCCCCCCCCCCCCCC. The lowest BCUT2D eigenvalue weighted by Crippen LogP contribution is -2.45. The Kier molecular flexibility index (Phi) is 57.2. The Morgan fingerprint density at radius 1 is 0.348 bits per heavy atom. The number of hydrogen-bond donors (Lipinski definition) is 3. The van der Waals surface area contributed by atoms with E-state index in [9.17, 15) is 15.0 Å². The number of nitrogens with one attached hydrogen (secondary N) is 1. The minimum Gasteiger partial charge on any atom is -0.394 e. The molecule has 0 rings (SSSR count). The lowest BCUT2D eigenvalue weighted by molar-refractivity contribution is -0.123. The van der Waals surface area contributed by atoms with E-state index in [1.807, 2.05) is 6.08 Å². The Morgan fingerprint density at radius 2 is 0.576 bits per heavy atom. The van der Waals surface area contributed by atoms with Crippen molar-refractivity contribution in [3.8, 4) is 0 Å². The zero-order valence-electron chi connectivity index (χ0n) is 45.2. The summed E-state index contributed by atoms with van der Waals surface area (Å²) in [6.07, 6.45) is 78.0. The number of unbranched alkanes of at least 4 members (excludes halogenated alkanes) is 48. The second kappa shape index (κ2) is 58.2. The third-order valence-electron chi connectivity index (χ3n) is 14.4. The minimum absolute atomic E-state index is 0.0562. The van der Waals surface area contributed by atoms with Crippen LogP contribution in [0.2, 0.25) is 0 Å². The molecule has 0 aromatic heterocycles. The molecule has 392 valence electrons. The van der Waals surface area contributed by atoms with Gasteiger partial charge in [-0.15, -0.1) is 0 Å². The van der Waals surface area contributed by atoms with Gasteiger partial charge in [0.2, 0.25) is 5.91 Å². The molecule has 2 atom stereocenters. The van der Waals surface area contributed by atoms with Crippen molar-refractivity contribution in [2.45, 2.75) is 360 Å². The summed E-state index contributed by atoms with van der Waals surface area (Å²) in [6, 6.07) is -0.619. The summed E-state index contributed by atoms with van der Waals surface area (Å²) >= 11 is 0. The van der Waals surface area contributed by atoms with E-state index in [1.165, 1.54) is 302 Å². The summed E-state index contributed by atoms with van der Waals surface area (Å²) in [5.41, 5.74) is 0. The number of aliphatic hydroxyl groups is 2. The molecule has 0 aliphatic carbocycles. The molecule has 0 aromatic carbocycles. The van der Waals surface area contributed by atoms with Crippen LogP contribution in [0.5, 0.6) is 0 Å². The number of hydrogen-bond acceptors (Lipinski definition) is 3. The Morgan fingerprint density at radius 3 is 0.833 bits per heavy atom. The van der Waals surface area contributed by atoms with Crippen LogP contribution in [-0.4, -0.2) is 34.9 Å². The molecule has 0 bridgehead atoms. The highest BCUT2D eigenvalue weighted by molar-refractivity contribution is 5.76. The van der Waals surface area contributed by atoms with Gasteiger partial charge in [-0.2, -0.15) is 0 Å². The highest BCUT2D eigenvalue weighted by Crippen LogP contribution is 2.18. The van der Waals surface area contributed by atoms with E-state index in [0.29, 0.717) is 6.42 Å². The molecule has 0 aliphatic rings. The largest absolute Gasteiger partial charge is 0.394 e. The molecule has 4 heteroatoms. The first-order valence-corrected chi connectivity index (χ1v) is 30.6. The van der Waals surface area contributed by atoms with Gasteiger partial charge in [-0.3, -0.25) is 4.79 Å². The van der Waals surface area contributed by atoms with Crippen LogP contribution >= 0.6 is 0 Å². The van der Waals surface area contributed by atoms with E-state index in [2.05, 4.69) is 31.3 Å². The second-order valence-corrected chi connectivity index (χ2v) is 21.1. The Hall–Kier alpha value is -1.13. The minimum atomic E-state index is -0.837. The predicted octanol–water partition coefficient (Wildman–Crippen LogP) is 20.3. The fourth-order valence-electron chi connectivity index (χ4n) is 9.77. The van der Waals surface area contributed by atoms with Gasteiger partial charge in [0.25, 0.3) is 0 Å². The maximum absolute atomic E-state index is 12.5. The van der Waals surface area contributed by atoms with Gasteiger partial charge in [-0.1, -0.05) is 321 Å². The second-order valence-electron chi connectivity index (χ2n) is 21.1. The summed E-state index contributed by atoms with van der Waals surface area (Å²) in [4.78, 5) is 12.5. The third kappa shape index (κ3) is 53.8. The van der Waals surface area contributed by atoms with Gasteiger partial charge in [-0.05, 0) is 44.9 Å². The molecule has 0 saturated heterocycles. The summed E-state index contributed by atoms with van der Waals surface area (Å²) in [6.45, 7) is 4.35. The molecule has 0 spiro atoms. The van der Waals surface area contributed by atoms with E-state index in [4.69, 9.17) is 0 Å². The van der Waals surface area contributed by atoms with Crippen molar-refractivity contribution in [1.82, 2.24) is 5.32 Å². The van der Waals surface area contributed by atoms with Crippen molar-refractivity contribution in [3.05, 3.63) is 24.3 Å². The van der Waals surface area contributed by atoms with Crippen LogP contribution in [-0.2, 0) is 4.79 Å². The highest BCUT2D eigenvalue weighted by atomic mass is 16.3. The first-order valence-electron chi connectivity index (χ1n) is 30.6. The van der Waals surface area contributed by atoms with E-state index >= 15 is 0 Å². The van der Waals surface area contributed by atoms with E-state index in [0.717, 1.165) is 25.7 Å². The van der Waals surface area contributed by atoms with Gasteiger partial charge in [-0.25, -0.2) is 0 Å². The summed E-state index contributed by atoms with van der Waals surface area (Å²) in [5.74, 6) is -0.0562. The van der Waals surface area contributed by atoms with Crippen LogP contribution in [0.1, 0.15) is 348 Å². The molecule has 0 fully saturated rings. The highest BCUT2D eigenvalue weighted by Gasteiger charge is 2.18. The van der Waals surface area contributed by atoms with E-state index in [1.54, 1.807) is 6.08 Å². The van der Waals surface area contributed by atoms with Crippen molar-refractivity contribution < 1.29 is 15.0 Å². The number of allylic oxidation sites excluding steroid dienone is 3. The topological polar surface area (TPSA) is 69.6 Å². The molecule has 0 saturated carbocycles. The number of carbonyl (C=O) groups is 1. The average Bonchev–Trinajstić information content (AvgIpc) is 3.32. The third-order valence-corrected chi connectivity index (χ3v) is 14.4. The van der Waals surface area contributed by atoms with Crippen LogP contribution in [0.25, 0.3) is 0 Å². The van der Waals surface area contributed by atoms with Gasteiger partial charge in [0.1, 0.15) is 0 Å². The number of aliphatic hydroxyl groups excluding tert-OH is 2. The molecular weight excluding hydrogens is 807 g/mol. The smallest absolute Gasteiger partial charge is 0.220 e. The molecular formula is C62H121NO3. The Bertz CT molecular complexity index is 963. The molecule has 2 unspecified atom stereocenters. The first-order chi connectivity index (χ1) is 32.7. The van der Waals surface area contributed by atoms with Crippen LogP contribution < -0.4 is 5.32 Å². The quantitative estimate of drug-likeness (QED) is 0.0420. The molecule has 0 aromatic rings. The molecule has 1 amide bonds. The molecule has 66 heavy (non-hydrogen) atoms. The van der Waals surface area contributed by atoms with Crippen molar-refractivity contribution in [2.75, 3.05) is 6.61 Å². The lowest BCUT2D eigenvalue weighted by Gasteiger charge is -2.20. The average molecular weight is 929 g/mol. The first kappa shape index (κ1) is 64.9. The molecule has 3 N–H and O–H groups in total. The maximum atomic E-state index is 12.5. The molecule has 0 aliphatic heterocycles. The van der Waals surface area contributed by atoms with Crippen LogP contribution in [0, 0.1) is 0 Å². The van der Waals surface area contributed by atoms with Crippen molar-refractivity contribution in [3.63, 3.8) is 0 Å². The molecule has 0 radical (unpaired) electrons. The summed E-state index contributed by atoms with van der Waals surface area (Å²) in [7, 11) is 0. The van der Waals surface area contributed by atoms with Crippen LogP contribution in [0.4, 0.5) is 0 Å². The zero-order valence-corrected chi connectivity index (χ0v) is 45.2. The summed E-state index contributed by atoms with van der Waals surface area (Å²) < 4.78 is 0. The van der Waals surface area contributed by atoms with Gasteiger partial charge in [0.05, 0.1) is 18.8 Å².